The van der Waals surface area contributed by atoms with E-state index in [2.05, 4.69) is 15.8 Å². The lowest BCUT2D eigenvalue weighted by atomic mass is 10.1. The minimum Gasteiger partial charge on any atom is -0.360 e. The number of hydrogen-bond acceptors (Lipinski definition) is 4. The molecule has 6 nitrogen and oxygen atoms in total. The van der Waals surface area contributed by atoms with Crippen molar-refractivity contribution >= 4 is 23.2 Å². The summed E-state index contributed by atoms with van der Waals surface area (Å²) >= 11 is 0. The SMILES string of the molecule is Cc1onc(-c2ccccc2)c1C(=O)Nc1ccccc1NC(=O)c1ccc(C(F)(F)F)cc1. The van der Waals surface area contributed by atoms with E-state index in [0.717, 1.165) is 24.3 Å². The second-order valence-corrected chi connectivity index (χ2v) is 7.36. The molecule has 1 heterocycles. The van der Waals surface area contributed by atoms with Crippen LogP contribution in [0, 0.1) is 6.92 Å². The zero-order valence-corrected chi connectivity index (χ0v) is 17.8. The molecule has 4 rings (SSSR count). The summed E-state index contributed by atoms with van der Waals surface area (Å²) in [4.78, 5) is 25.7. The number of alkyl halides is 3. The molecule has 9 heteroatoms. The average Bonchev–Trinajstić information content (AvgIpc) is 3.22. The molecular formula is C25H18F3N3O3. The van der Waals surface area contributed by atoms with Crippen LogP contribution in [-0.2, 0) is 6.18 Å². The van der Waals surface area contributed by atoms with E-state index >= 15 is 0 Å². The van der Waals surface area contributed by atoms with Gasteiger partial charge in [0, 0.05) is 11.1 Å². The lowest BCUT2D eigenvalue weighted by molar-refractivity contribution is -0.137. The topological polar surface area (TPSA) is 84.2 Å². The van der Waals surface area contributed by atoms with E-state index in [0.29, 0.717) is 22.7 Å². The fraction of sp³-hybridized carbons (Fsp3) is 0.0800. The molecule has 0 radical (unpaired) electrons. The molecule has 0 unspecified atom stereocenters. The third-order valence-corrected chi connectivity index (χ3v) is 5.03. The van der Waals surface area contributed by atoms with E-state index in [4.69, 9.17) is 4.52 Å². The first-order valence-corrected chi connectivity index (χ1v) is 10.1. The fourth-order valence-electron chi connectivity index (χ4n) is 3.32. The number of halogens is 3. The van der Waals surface area contributed by atoms with Gasteiger partial charge in [-0.2, -0.15) is 13.2 Å². The summed E-state index contributed by atoms with van der Waals surface area (Å²) in [6.45, 7) is 1.62. The molecule has 3 aromatic carbocycles. The van der Waals surface area contributed by atoms with Crippen LogP contribution in [0.4, 0.5) is 24.5 Å². The van der Waals surface area contributed by atoms with Gasteiger partial charge in [-0.15, -0.1) is 0 Å². The zero-order chi connectivity index (χ0) is 24.3. The second kappa shape index (κ2) is 9.22. The molecule has 4 aromatic rings. The molecule has 2 amide bonds. The molecule has 0 spiro atoms. The Kier molecular flexibility index (Phi) is 6.18. The van der Waals surface area contributed by atoms with Gasteiger partial charge < -0.3 is 15.2 Å². The molecule has 34 heavy (non-hydrogen) atoms. The van der Waals surface area contributed by atoms with Crippen LogP contribution in [0.25, 0.3) is 11.3 Å². The van der Waals surface area contributed by atoms with Gasteiger partial charge in [0.25, 0.3) is 11.8 Å². The molecule has 0 saturated heterocycles. The number of benzene rings is 3. The molecule has 0 bridgehead atoms. The third kappa shape index (κ3) is 4.83. The minimum atomic E-state index is -4.50. The lowest BCUT2D eigenvalue weighted by Crippen LogP contribution is -2.17. The van der Waals surface area contributed by atoms with Crippen LogP contribution in [0.5, 0.6) is 0 Å². The first-order chi connectivity index (χ1) is 16.2. The van der Waals surface area contributed by atoms with Crippen LogP contribution in [0.2, 0.25) is 0 Å². The minimum absolute atomic E-state index is 0.0374. The Morgan fingerprint density at radius 1 is 0.794 bits per heavy atom. The van der Waals surface area contributed by atoms with Crippen LogP contribution in [-0.4, -0.2) is 17.0 Å². The van der Waals surface area contributed by atoms with Crippen LogP contribution in [0.1, 0.15) is 32.0 Å². The van der Waals surface area contributed by atoms with Crippen molar-refractivity contribution in [3.63, 3.8) is 0 Å². The van der Waals surface area contributed by atoms with E-state index in [1.807, 2.05) is 18.2 Å². The maximum Gasteiger partial charge on any atom is 0.416 e. The molecule has 0 saturated carbocycles. The highest BCUT2D eigenvalue weighted by Gasteiger charge is 2.30. The van der Waals surface area contributed by atoms with Crippen molar-refractivity contribution in [2.75, 3.05) is 10.6 Å². The normalized spacial score (nSPS) is 11.2. The number of hydrogen-bond donors (Lipinski definition) is 2. The molecule has 0 fully saturated rings. The number of carbonyl (C=O) groups excluding carboxylic acids is 2. The predicted octanol–water partition coefficient (Wildman–Crippen LogP) is 6.17. The van der Waals surface area contributed by atoms with Gasteiger partial charge >= 0.3 is 6.18 Å². The summed E-state index contributed by atoms with van der Waals surface area (Å²) < 4.78 is 43.5. The third-order valence-electron chi connectivity index (χ3n) is 5.03. The Balaban J connectivity index is 1.55. The number of nitrogens with zero attached hydrogens (tertiary/aromatic N) is 1. The Hall–Kier alpha value is -4.40. The van der Waals surface area contributed by atoms with Crippen molar-refractivity contribution in [1.82, 2.24) is 5.16 Å². The number of aryl methyl sites for hydroxylation is 1. The Morgan fingerprint density at radius 2 is 1.35 bits per heavy atom. The molecule has 172 valence electrons. The summed E-state index contributed by atoms with van der Waals surface area (Å²) in [6.07, 6.45) is -4.50. The van der Waals surface area contributed by atoms with Crippen molar-refractivity contribution < 1.29 is 27.3 Å². The number of carbonyl (C=O) groups is 2. The van der Waals surface area contributed by atoms with E-state index in [9.17, 15) is 22.8 Å². The number of nitrogens with one attached hydrogen (secondary N) is 2. The summed E-state index contributed by atoms with van der Waals surface area (Å²) in [5.41, 5.74) is 1.08. The molecule has 0 aliphatic carbocycles. The van der Waals surface area contributed by atoms with Crippen molar-refractivity contribution in [1.29, 1.82) is 0 Å². The van der Waals surface area contributed by atoms with Crippen molar-refractivity contribution in [3.8, 4) is 11.3 Å². The Bertz CT molecular complexity index is 1330. The van der Waals surface area contributed by atoms with Crippen LogP contribution in [0.3, 0.4) is 0 Å². The Morgan fingerprint density at radius 3 is 1.94 bits per heavy atom. The maximum absolute atomic E-state index is 13.1. The van der Waals surface area contributed by atoms with E-state index in [1.165, 1.54) is 0 Å². The highest BCUT2D eigenvalue weighted by Crippen LogP contribution is 2.30. The smallest absolute Gasteiger partial charge is 0.360 e. The van der Waals surface area contributed by atoms with E-state index in [-0.39, 0.29) is 16.8 Å². The largest absolute Gasteiger partial charge is 0.416 e. The van der Waals surface area contributed by atoms with Crippen molar-refractivity contribution in [2.24, 2.45) is 0 Å². The highest BCUT2D eigenvalue weighted by molar-refractivity contribution is 6.12. The van der Waals surface area contributed by atoms with Crippen LogP contribution in [0.15, 0.2) is 83.4 Å². The van der Waals surface area contributed by atoms with E-state index < -0.39 is 23.6 Å². The predicted molar refractivity (Wildman–Crippen MR) is 120 cm³/mol. The van der Waals surface area contributed by atoms with Crippen LogP contribution >= 0.6 is 0 Å². The Labute approximate surface area is 192 Å². The highest BCUT2D eigenvalue weighted by atomic mass is 19.4. The monoisotopic (exact) mass is 465 g/mol. The molecule has 0 aliphatic heterocycles. The average molecular weight is 465 g/mol. The number of anilines is 2. The molecule has 2 N–H and O–H groups in total. The molecule has 1 aromatic heterocycles. The number of para-hydroxylation sites is 2. The van der Waals surface area contributed by atoms with Gasteiger partial charge in [0.15, 0.2) is 0 Å². The quantitative estimate of drug-likeness (QED) is 0.369. The number of aromatic nitrogens is 1. The summed E-state index contributed by atoms with van der Waals surface area (Å²) in [5.74, 6) is -0.794. The molecule has 0 aliphatic rings. The molecular weight excluding hydrogens is 447 g/mol. The lowest BCUT2D eigenvalue weighted by Gasteiger charge is -2.13. The van der Waals surface area contributed by atoms with Gasteiger partial charge in [0.2, 0.25) is 0 Å². The standard InChI is InChI=1S/C25H18F3N3O3/c1-15-21(22(31-34-15)16-7-3-2-4-8-16)24(33)30-20-10-6-5-9-19(20)29-23(32)17-11-13-18(14-12-17)25(26,27)28/h2-14H,1H3,(H,29,32)(H,30,33). The first kappa shape index (κ1) is 22.8. The van der Waals surface area contributed by atoms with Gasteiger partial charge in [-0.05, 0) is 43.3 Å². The molecule has 0 atom stereocenters. The van der Waals surface area contributed by atoms with Crippen molar-refractivity contribution in [3.05, 3.63) is 101 Å². The first-order valence-electron chi connectivity index (χ1n) is 10.1. The van der Waals surface area contributed by atoms with E-state index in [1.54, 1.807) is 43.3 Å². The van der Waals surface area contributed by atoms with Crippen LogP contribution < -0.4 is 10.6 Å². The summed E-state index contributed by atoms with van der Waals surface area (Å²) in [6, 6.07) is 19.4. The fourth-order valence-corrected chi connectivity index (χ4v) is 3.32. The van der Waals surface area contributed by atoms with Crippen molar-refractivity contribution in [2.45, 2.75) is 13.1 Å². The summed E-state index contributed by atoms with van der Waals surface area (Å²) in [7, 11) is 0. The van der Waals surface area contributed by atoms with Gasteiger partial charge in [-0.1, -0.05) is 47.6 Å². The zero-order valence-electron chi connectivity index (χ0n) is 17.8. The van der Waals surface area contributed by atoms with Gasteiger partial charge in [0.05, 0.1) is 16.9 Å². The summed E-state index contributed by atoms with van der Waals surface area (Å²) in [5, 5.41) is 9.37. The number of amides is 2. The maximum atomic E-state index is 13.1. The van der Waals surface area contributed by atoms with Gasteiger partial charge in [-0.25, -0.2) is 0 Å². The number of rotatable bonds is 5. The second-order valence-electron chi connectivity index (χ2n) is 7.36. The van der Waals surface area contributed by atoms with Gasteiger partial charge in [0.1, 0.15) is 17.0 Å². The van der Waals surface area contributed by atoms with Gasteiger partial charge in [-0.3, -0.25) is 9.59 Å².